The van der Waals surface area contributed by atoms with Gasteiger partial charge >= 0.3 is 0 Å². The molecule has 1 saturated heterocycles. The fourth-order valence-corrected chi connectivity index (χ4v) is 7.36. The summed E-state index contributed by atoms with van der Waals surface area (Å²) in [5, 5.41) is 22.2. The number of amides is 1. The third-order valence-electron chi connectivity index (χ3n) is 6.25. The molecule has 4 aromatic rings. The van der Waals surface area contributed by atoms with Crippen LogP contribution in [0, 0.1) is 28.9 Å². The van der Waals surface area contributed by atoms with E-state index in [4.69, 9.17) is 6.42 Å². The van der Waals surface area contributed by atoms with Gasteiger partial charge in [0.15, 0.2) is 6.20 Å². The van der Waals surface area contributed by atoms with E-state index in [0.29, 0.717) is 21.6 Å². The minimum atomic E-state index is -3.86. The van der Waals surface area contributed by atoms with Crippen LogP contribution in [0.25, 0.3) is 21.3 Å². The molecule has 1 atom stereocenters. The van der Waals surface area contributed by atoms with Gasteiger partial charge in [-0.15, -0.1) is 17.8 Å². The molecule has 5 rings (SSSR count). The largest absolute Gasteiger partial charge is 0.618 e. The summed E-state index contributed by atoms with van der Waals surface area (Å²) in [6.07, 6.45) is 9.52. The topological polar surface area (TPSA) is 134 Å². The summed E-state index contributed by atoms with van der Waals surface area (Å²) in [7, 11) is -3.86. The number of carbonyl (C=O) groups is 1. The van der Waals surface area contributed by atoms with Gasteiger partial charge in [0.05, 0.1) is 24.1 Å². The quantitative estimate of drug-likeness (QED) is 0.214. The second kappa shape index (κ2) is 10.2. The minimum Gasteiger partial charge on any atom is -0.618 e. The number of nitriles is 1. The average molecular weight is 545 g/mol. The first-order chi connectivity index (χ1) is 18.3. The Hall–Kier alpha value is -4.36. The van der Waals surface area contributed by atoms with Crippen molar-refractivity contribution in [2.24, 2.45) is 0 Å². The lowest BCUT2D eigenvalue weighted by Crippen LogP contribution is -2.56. The fraction of sp³-hybridized carbons (Fsp3) is 0.192. The summed E-state index contributed by atoms with van der Waals surface area (Å²) in [5.41, 5.74) is 1.44. The van der Waals surface area contributed by atoms with Gasteiger partial charge in [-0.1, -0.05) is 12.0 Å². The number of sulfonamides is 1. The standard InChI is InChI=1S/C26H20N6O4S2/c1-2-18-6-7-19-14-24(37-23(19)13-18)38(35,36)30-11-12-31(21(17-30)8-9-27)26(33)25-28-15-20(16-29-25)22-5-3-4-10-32(22)34/h1,3-7,10,13-16,21H,8,11-12,17H2. The van der Waals surface area contributed by atoms with Crippen LogP contribution in [0.3, 0.4) is 0 Å². The molecule has 0 saturated carbocycles. The number of thiophene rings is 1. The van der Waals surface area contributed by atoms with Gasteiger partial charge in [0.25, 0.3) is 15.9 Å². The van der Waals surface area contributed by atoms with E-state index in [1.54, 1.807) is 42.5 Å². The van der Waals surface area contributed by atoms with Gasteiger partial charge in [0, 0.05) is 54.4 Å². The molecule has 1 unspecified atom stereocenters. The van der Waals surface area contributed by atoms with Gasteiger partial charge in [-0.2, -0.15) is 14.3 Å². The highest BCUT2D eigenvalue weighted by Crippen LogP contribution is 2.33. The second-order valence-corrected chi connectivity index (χ2v) is 11.8. The van der Waals surface area contributed by atoms with E-state index >= 15 is 0 Å². The predicted octanol–water partition coefficient (Wildman–Crippen LogP) is 2.40. The SMILES string of the molecule is C#Cc1ccc2cc(S(=O)(=O)N3CCN(C(=O)c4ncc(-c5cccc[n+]5[O-])cn4)C(CC#N)C3)sc2c1. The zero-order valence-corrected chi connectivity index (χ0v) is 21.5. The molecule has 3 aromatic heterocycles. The number of fused-ring (bicyclic) bond motifs is 1. The fourth-order valence-electron chi connectivity index (χ4n) is 4.29. The average Bonchev–Trinajstić information content (AvgIpc) is 3.38. The molecule has 1 fully saturated rings. The number of pyridine rings is 1. The highest BCUT2D eigenvalue weighted by Gasteiger charge is 2.38. The first-order valence-electron chi connectivity index (χ1n) is 11.5. The van der Waals surface area contributed by atoms with Crippen molar-refractivity contribution in [3.63, 3.8) is 0 Å². The lowest BCUT2D eigenvalue weighted by atomic mass is 10.1. The van der Waals surface area contributed by atoms with Crippen LogP contribution < -0.4 is 4.73 Å². The Balaban J connectivity index is 1.36. The number of aromatic nitrogens is 3. The van der Waals surface area contributed by atoms with Crippen LogP contribution in [0.5, 0.6) is 0 Å². The molecule has 38 heavy (non-hydrogen) atoms. The van der Waals surface area contributed by atoms with Crippen molar-refractivity contribution in [2.75, 3.05) is 19.6 Å². The molecule has 4 heterocycles. The van der Waals surface area contributed by atoms with E-state index in [2.05, 4.69) is 15.9 Å². The van der Waals surface area contributed by atoms with Crippen LogP contribution in [-0.4, -0.2) is 59.2 Å². The van der Waals surface area contributed by atoms with Crippen molar-refractivity contribution in [3.05, 3.63) is 77.7 Å². The Morgan fingerprint density at radius 2 is 2.00 bits per heavy atom. The zero-order valence-electron chi connectivity index (χ0n) is 19.9. The zero-order chi connectivity index (χ0) is 26.9. The molecule has 0 bridgehead atoms. The van der Waals surface area contributed by atoms with Crippen LogP contribution in [0.2, 0.25) is 0 Å². The maximum absolute atomic E-state index is 13.5. The van der Waals surface area contributed by atoms with Crippen LogP contribution in [0.15, 0.2) is 65.3 Å². The van der Waals surface area contributed by atoms with Gasteiger partial charge in [-0.05, 0) is 29.7 Å². The summed E-state index contributed by atoms with van der Waals surface area (Å²) in [4.78, 5) is 23.0. The Labute approximate surface area is 223 Å². The molecule has 190 valence electrons. The molecular formula is C26H20N6O4S2. The Kier molecular flexibility index (Phi) is 6.78. The van der Waals surface area contributed by atoms with Gasteiger partial charge in [-0.3, -0.25) is 4.79 Å². The third kappa shape index (κ3) is 4.68. The number of hydrogen-bond acceptors (Lipinski definition) is 8. The number of benzene rings is 1. The number of hydrogen-bond donors (Lipinski definition) is 0. The van der Waals surface area contributed by atoms with E-state index in [1.807, 2.05) is 6.07 Å². The van der Waals surface area contributed by atoms with E-state index in [1.165, 1.54) is 27.8 Å². The predicted molar refractivity (Wildman–Crippen MR) is 140 cm³/mol. The second-order valence-electron chi connectivity index (χ2n) is 8.55. The number of rotatable bonds is 5. The number of terminal acetylenes is 1. The summed E-state index contributed by atoms with van der Waals surface area (Å²) in [5.74, 6) is 1.93. The molecule has 0 spiro atoms. The molecule has 1 aliphatic heterocycles. The Morgan fingerprint density at radius 1 is 1.21 bits per heavy atom. The van der Waals surface area contributed by atoms with E-state index < -0.39 is 22.0 Å². The van der Waals surface area contributed by atoms with Crippen molar-refractivity contribution in [1.29, 1.82) is 5.26 Å². The summed E-state index contributed by atoms with van der Waals surface area (Å²) < 4.78 is 29.8. The van der Waals surface area contributed by atoms with Crippen molar-refractivity contribution < 1.29 is 17.9 Å². The van der Waals surface area contributed by atoms with Gasteiger partial charge < -0.3 is 10.1 Å². The maximum Gasteiger partial charge on any atom is 0.292 e. The normalized spacial score (nSPS) is 16.2. The summed E-state index contributed by atoms with van der Waals surface area (Å²) in [6.45, 7) is 0.0861. The Morgan fingerprint density at radius 3 is 2.71 bits per heavy atom. The summed E-state index contributed by atoms with van der Waals surface area (Å²) in [6, 6.07) is 13.2. The molecule has 1 aliphatic rings. The number of carbonyl (C=O) groups excluding carboxylic acids is 1. The van der Waals surface area contributed by atoms with E-state index in [-0.39, 0.29) is 36.1 Å². The molecule has 1 amide bonds. The van der Waals surface area contributed by atoms with E-state index in [0.717, 1.165) is 21.4 Å². The van der Waals surface area contributed by atoms with Crippen LogP contribution in [-0.2, 0) is 10.0 Å². The van der Waals surface area contributed by atoms with Gasteiger partial charge in [-0.25, -0.2) is 18.4 Å². The van der Waals surface area contributed by atoms with Crippen LogP contribution in [0.1, 0.15) is 22.6 Å². The summed E-state index contributed by atoms with van der Waals surface area (Å²) >= 11 is 1.13. The van der Waals surface area contributed by atoms with Crippen molar-refractivity contribution in [2.45, 2.75) is 16.7 Å². The third-order valence-corrected chi connectivity index (χ3v) is 9.67. The highest BCUT2D eigenvalue weighted by molar-refractivity contribution is 7.91. The van der Waals surface area contributed by atoms with Gasteiger partial charge in [0.2, 0.25) is 11.5 Å². The van der Waals surface area contributed by atoms with Crippen LogP contribution in [0.4, 0.5) is 0 Å². The molecular weight excluding hydrogens is 524 g/mol. The number of nitrogens with zero attached hydrogens (tertiary/aromatic N) is 6. The minimum absolute atomic E-state index is 0.0379. The Bertz CT molecular complexity index is 1720. The van der Waals surface area contributed by atoms with Gasteiger partial charge in [0.1, 0.15) is 4.21 Å². The first-order valence-corrected chi connectivity index (χ1v) is 13.8. The van der Waals surface area contributed by atoms with Crippen LogP contribution >= 0.6 is 11.3 Å². The number of piperazine rings is 1. The smallest absolute Gasteiger partial charge is 0.292 e. The van der Waals surface area contributed by atoms with Crippen molar-refractivity contribution in [3.8, 4) is 29.7 Å². The molecule has 0 radical (unpaired) electrons. The lowest BCUT2D eigenvalue weighted by Gasteiger charge is -2.39. The highest BCUT2D eigenvalue weighted by atomic mass is 32.2. The van der Waals surface area contributed by atoms with E-state index in [9.17, 15) is 23.7 Å². The molecule has 0 N–H and O–H groups in total. The lowest BCUT2D eigenvalue weighted by molar-refractivity contribution is -0.593. The molecule has 1 aromatic carbocycles. The van der Waals surface area contributed by atoms with Crippen molar-refractivity contribution >= 4 is 37.4 Å². The molecule has 12 heteroatoms. The first kappa shape index (κ1) is 25.3. The molecule has 0 aliphatic carbocycles. The monoisotopic (exact) mass is 544 g/mol. The maximum atomic E-state index is 13.5. The van der Waals surface area contributed by atoms with Crippen molar-refractivity contribution in [1.82, 2.24) is 19.2 Å². The molecule has 10 nitrogen and oxygen atoms in total.